The Hall–Kier alpha value is -3.90. The number of hydrogen-bond donors (Lipinski definition) is 2. The normalized spacial score (nSPS) is 16.3. The molecule has 11 nitrogen and oxygen atoms in total. The van der Waals surface area contributed by atoms with Crippen molar-refractivity contribution in [3.8, 4) is 17.2 Å². The predicted molar refractivity (Wildman–Crippen MR) is 140 cm³/mol. The average molecular weight is 542 g/mol. The van der Waals surface area contributed by atoms with E-state index in [2.05, 4.69) is 15.7 Å². The summed E-state index contributed by atoms with van der Waals surface area (Å²) in [7, 11) is -2.67. The molecule has 38 heavy (non-hydrogen) atoms. The van der Waals surface area contributed by atoms with E-state index >= 15 is 0 Å². The Bertz CT molecular complexity index is 1390. The SMILES string of the molecule is COc1ccc(-n2cccn2)cc1S(=O)(=O)N1CCCC(=O)NCCOc2ccc(C)cc2C(=O)NCC1. The van der Waals surface area contributed by atoms with Crippen LogP contribution >= 0.6 is 0 Å². The number of rotatable bonds is 4. The van der Waals surface area contributed by atoms with Crippen molar-refractivity contribution in [2.24, 2.45) is 0 Å². The number of benzene rings is 2. The molecule has 0 unspecified atom stereocenters. The van der Waals surface area contributed by atoms with E-state index in [0.717, 1.165) is 5.56 Å². The molecule has 0 fully saturated rings. The van der Waals surface area contributed by atoms with E-state index < -0.39 is 10.0 Å². The fourth-order valence-electron chi connectivity index (χ4n) is 4.11. The summed E-state index contributed by atoms with van der Waals surface area (Å²) >= 11 is 0. The molecule has 2 amide bonds. The van der Waals surface area contributed by atoms with Gasteiger partial charge in [-0.05, 0) is 49.7 Å². The molecular weight excluding hydrogens is 510 g/mol. The fraction of sp³-hybridized carbons (Fsp3) is 0.346. The summed E-state index contributed by atoms with van der Waals surface area (Å²) < 4.78 is 41.7. The molecule has 0 radical (unpaired) electrons. The number of nitrogens with zero attached hydrogens (tertiary/aromatic N) is 3. The topological polar surface area (TPSA) is 132 Å². The van der Waals surface area contributed by atoms with Gasteiger partial charge in [-0.1, -0.05) is 11.6 Å². The minimum Gasteiger partial charge on any atom is -0.495 e. The Morgan fingerprint density at radius 3 is 2.66 bits per heavy atom. The quantitative estimate of drug-likeness (QED) is 0.516. The average Bonchev–Trinajstić information content (AvgIpc) is 3.45. The molecule has 12 heteroatoms. The van der Waals surface area contributed by atoms with Gasteiger partial charge in [-0.3, -0.25) is 9.59 Å². The second-order valence-corrected chi connectivity index (χ2v) is 10.7. The van der Waals surface area contributed by atoms with Crippen LogP contribution in [-0.2, 0) is 14.8 Å². The molecule has 2 heterocycles. The minimum absolute atomic E-state index is 0.00709. The van der Waals surface area contributed by atoms with Crippen molar-refractivity contribution in [3.63, 3.8) is 0 Å². The maximum absolute atomic E-state index is 13.9. The molecule has 4 rings (SSSR count). The summed E-state index contributed by atoms with van der Waals surface area (Å²) in [5.41, 5.74) is 1.77. The second-order valence-electron chi connectivity index (χ2n) is 8.75. The Morgan fingerprint density at radius 2 is 1.89 bits per heavy atom. The van der Waals surface area contributed by atoms with Gasteiger partial charge in [0.25, 0.3) is 5.91 Å². The van der Waals surface area contributed by atoms with Gasteiger partial charge >= 0.3 is 0 Å². The zero-order valence-corrected chi connectivity index (χ0v) is 22.2. The first-order valence-corrected chi connectivity index (χ1v) is 13.7. The van der Waals surface area contributed by atoms with E-state index in [1.807, 2.05) is 13.0 Å². The Labute approximate surface area is 221 Å². The van der Waals surface area contributed by atoms with Crippen molar-refractivity contribution in [3.05, 3.63) is 66.0 Å². The first-order valence-electron chi connectivity index (χ1n) is 12.3. The van der Waals surface area contributed by atoms with Crippen molar-refractivity contribution < 1.29 is 27.5 Å². The van der Waals surface area contributed by atoms with E-state index in [4.69, 9.17) is 9.47 Å². The van der Waals surface area contributed by atoms with Gasteiger partial charge in [-0.25, -0.2) is 13.1 Å². The van der Waals surface area contributed by atoms with Crippen LogP contribution in [0.2, 0.25) is 0 Å². The lowest BCUT2D eigenvalue weighted by Crippen LogP contribution is -2.39. The first-order chi connectivity index (χ1) is 18.3. The van der Waals surface area contributed by atoms with E-state index in [-0.39, 0.29) is 61.7 Å². The first kappa shape index (κ1) is 27.1. The van der Waals surface area contributed by atoms with Crippen LogP contribution in [0.3, 0.4) is 0 Å². The molecule has 0 bridgehead atoms. The van der Waals surface area contributed by atoms with Crippen LogP contribution in [0.4, 0.5) is 0 Å². The summed E-state index contributed by atoms with van der Waals surface area (Å²) in [6, 6.07) is 11.8. The molecule has 0 atom stereocenters. The lowest BCUT2D eigenvalue weighted by atomic mass is 10.1. The largest absolute Gasteiger partial charge is 0.495 e. The number of methoxy groups -OCH3 is 1. The smallest absolute Gasteiger partial charge is 0.255 e. The number of fused-ring (bicyclic) bond motifs is 1. The third-order valence-corrected chi connectivity index (χ3v) is 7.97. The van der Waals surface area contributed by atoms with Crippen LogP contribution in [0.5, 0.6) is 11.5 Å². The van der Waals surface area contributed by atoms with E-state index in [1.165, 1.54) is 17.5 Å². The molecule has 0 spiro atoms. The van der Waals surface area contributed by atoms with E-state index in [1.54, 1.807) is 47.4 Å². The summed E-state index contributed by atoms with van der Waals surface area (Å²) in [6.45, 7) is 2.44. The van der Waals surface area contributed by atoms with Gasteiger partial charge in [0.2, 0.25) is 15.9 Å². The predicted octanol–water partition coefficient (Wildman–Crippen LogP) is 1.90. The van der Waals surface area contributed by atoms with Crippen LogP contribution in [0.1, 0.15) is 28.8 Å². The van der Waals surface area contributed by atoms with E-state index in [0.29, 0.717) is 23.4 Å². The van der Waals surface area contributed by atoms with Crippen LogP contribution in [-0.4, -0.2) is 74.2 Å². The fourth-order valence-corrected chi connectivity index (χ4v) is 5.77. The molecule has 0 saturated carbocycles. The van der Waals surface area contributed by atoms with E-state index in [9.17, 15) is 18.0 Å². The number of amides is 2. The van der Waals surface area contributed by atoms with Gasteiger partial charge in [0.15, 0.2) is 0 Å². The molecule has 2 aromatic carbocycles. The number of carbonyl (C=O) groups is 2. The molecule has 1 aromatic heterocycles. The molecule has 0 saturated heterocycles. The maximum Gasteiger partial charge on any atom is 0.255 e. The second kappa shape index (κ2) is 12.1. The minimum atomic E-state index is -4.07. The highest BCUT2D eigenvalue weighted by Gasteiger charge is 2.29. The molecule has 3 aromatic rings. The highest BCUT2D eigenvalue weighted by molar-refractivity contribution is 7.89. The number of ether oxygens (including phenoxy) is 2. The number of aryl methyl sites for hydroxylation is 1. The summed E-state index contributed by atoms with van der Waals surface area (Å²) in [5.74, 6) is -0.0161. The van der Waals surface area contributed by atoms with Gasteiger partial charge < -0.3 is 20.1 Å². The van der Waals surface area contributed by atoms with Crippen molar-refractivity contribution in [2.75, 3.05) is 39.9 Å². The number of sulfonamides is 1. The maximum atomic E-state index is 13.9. The Balaban J connectivity index is 1.63. The zero-order chi connectivity index (χ0) is 27.1. The molecule has 1 aliphatic heterocycles. The standard InChI is InChI=1S/C26H31N5O6S/c1-19-6-8-22-21(17-19)26(33)28-11-15-30(13-3-5-25(32)27-12-16-37-22)38(34,35)24-18-20(7-9-23(24)36-2)31-14-4-10-29-31/h4,6-10,14,17-18H,3,5,11-13,15-16H2,1-2H3,(H,27,32)(H,28,33). The van der Waals surface area contributed by atoms with Crippen LogP contribution in [0.15, 0.2) is 59.8 Å². The van der Waals surface area contributed by atoms with Crippen molar-refractivity contribution in [2.45, 2.75) is 24.7 Å². The van der Waals surface area contributed by atoms with Crippen molar-refractivity contribution in [1.82, 2.24) is 24.7 Å². The van der Waals surface area contributed by atoms with Crippen molar-refractivity contribution >= 4 is 21.8 Å². The highest BCUT2D eigenvalue weighted by Crippen LogP contribution is 2.29. The van der Waals surface area contributed by atoms with Gasteiger partial charge in [0.05, 0.1) is 24.9 Å². The molecule has 2 N–H and O–H groups in total. The number of carbonyl (C=O) groups excluding carboxylic acids is 2. The van der Waals surface area contributed by atoms with Gasteiger partial charge in [-0.15, -0.1) is 0 Å². The van der Waals surface area contributed by atoms with Crippen molar-refractivity contribution in [1.29, 1.82) is 0 Å². The van der Waals surface area contributed by atoms with Gasteiger partial charge in [0, 0.05) is 38.4 Å². The van der Waals surface area contributed by atoms with Gasteiger partial charge in [-0.2, -0.15) is 9.40 Å². The van der Waals surface area contributed by atoms with Crippen LogP contribution in [0, 0.1) is 6.92 Å². The summed E-state index contributed by atoms with van der Waals surface area (Å²) in [4.78, 5) is 25.3. The summed E-state index contributed by atoms with van der Waals surface area (Å²) in [6.07, 6.45) is 3.74. The van der Waals surface area contributed by atoms with Crippen LogP contribution in [0.25, 0.3) is 5.69 Å². The molecule has 1 aliphatic rings. The molecule has 202 valence electrons. The monoisotopic (exact) mass is 541 g/mol. The number of hydrogen-bond acceptors (Lipinski definition) is 7. The number of aromatic nitrogens is 2. The Morgan fingerprint density at radius 1 is 1.05 bits per heavy atom. The lowest BCUT2D eigenvalue weighted by Gasteiger charge is -2.24. The third kappa shape index (κ3) is 6.32. The lowest BCUT2D eigenvalue weighted by molar-refractivity contribution is -0.121. The highest BCUT2D eigenvalue weighted by atomic mass is 32.2. The third-order valence-electron chi connectivity index (χ3n) is 6.05. The molecule has 0 aliphatic carbocycles. The van der Waals surface area contributed by atoms with Crippen LogP contribution < -0.4 is 20.1 Å². The number of nitrogens with one attached hydrogen (secondary N) is 2. The zero-order valence-electron chi connectivity index (χ0n) is 21.3. The Kier molecular flexibility index (Phi) is 8.64. The molecular formula is C26H31N5O6S. The summed E-state index contributed by atoms with van der Waals surface area (Å²) in [5, 5.41) is 9.76. The van der Waals surface area contributed by atoms with Gasteiger partial charge in [0.1, 0.15) is 23.0 Å².